The van der Waals surface area contributed by atoms with E-state index in [0.717, 1.165) is 82.0 Å². The van der Waals surface area contributed by atoms with E-state index < -0.39 is 0 Å². The molecule has 3 aliphatic rings. The lowest BCUT2D eigenvalue weighted by Crippen LogP contribution is -2.57. The van der Waals surface area contributed by atoms with Crippen molar-refractivity contribution in [2.75, 3.05) is 84.0 Å². The van der Waals surface area contributed by atoms with E-state index in [2.05, 4.69) is 43.2 Å². The Kier molecular flexibility index (Phi) is 8.77. The summed E-state index contributed by atoms with van der Waals surface area (Å²) in [5.41, 5.74) is 1.66. The number of pyridine rings is 1. The second-order valence-electron chi connectivity index (χ2n) is 11.6. The summed E-state index contributed by atoms with van der Waals surface area (Å²) < 4.78 is 25.4. The highest BCUT2D eigenvalue weighted by atomic mass is 19.1. The van der Waals surface area contributed by atoms with Crippen LogP contribution in [0.3, 0.4) is 0 Å². The van der Waals surface area contributed by atoms with Crippen LogP contribution in [0.1, 0.15) is 25.0 Å². The minimum atomic E-state index is -0.260. The third-order valence-corrected chi connectivity index (χ3v) is 8.70. The van der Waals surface area contributed by atoms with Crippen LogP contribution in [0, 0.1) is 11.7 Å². The summed E-state index contributed by atoms with van der Waals surface area (Å²) in [6, 6.07) is 11.1. The third-order valence-electron chi connectivity index (χ3n) is 8.70. The minimum absolute atomic E-state index is 0.260. The fourth-order valence-corrected chi connectivity index (χ4v) is 6.27. The van der Waals surface area contributed by atoms with Crippen LogP contribution >= 0.6 is 0 Å². The molecule has 10 heteroatoms. The lowest BCUT2D eigenvalue weighted by molar-refractivity contribution is 0.0716. The van der Waals surface area contributed by atoms with Crippen molar-refractivity contribution in [1.29, 1.82) is 0 Å². The maximum absolute atomic E-state index is 13.8. The molecule has 0 radical (unpaired) electrons. The molecule has 1 aromatic carbocycles. The van der Waals surface area contributed by atoms with E-state index in [1.807, 2.05) is 12.1 Å². The van der Waals surface area contributed by atoms with E-state index in [0.29, 0.717) is 30.0 Å². The number of halogens is 1. The van der Waals surface area contributed by atoms with Crippen LogP contribution in [0.2, 0.25) is 0 Å². The van der Waals surface area contributed by atoms with E-state index in [9.17, 15) is 4.39 Å². The van der Waals surface area contributed by atoms with Gasteiger partial charge in [-0.15, -0.1) is 0 Å². The summed E-state index contributed by atoms with van der Waals surface area (Å²) in [6.07, 6.45) is 3.39. The average molecular weight is 552 g/mol. The molecule has 3 fully saturated rings. The van der Waals surface area contributed by atoms with Crippen molar-refractivity contribution in [3.8, 4) is 5.88 Å². The number of nitrogens with zero attached hydrogens (tertiary/aromatic N) is 6. The molecule has 1 N–H and O–H groups in total. The Hall–Kier alpha value is -2.79. The molecule has 0 spiro atoms. The monoisotopic (exact) mass is 551 g/mol. The minimum Gasteiger partial charge on any atom is -0.477 e. The standard InChI is InChI=1S/C30H42FN7O2/c1-35-12-14-36(15-13-35)11-3-10-32-19-25-4-2-5-29(33-25)39-22-23-6-8-26-21-38(17-16-37(26)20-23)30-27-18-24(31)7-9-28(27)40-34-30/h2,4-5,7,9,18,23,26,32H,3,6,8,10-17,19-22H2,1H3/t23-,26+/m1/s1. The molecule has 3 aromatic rings. The molecule has 0 bridgehead atoms. The van der Waals surface area contributed by atoms with Gasteiger partial charge in [0.15, 0.2) is 11.4 Å². The summed E-state index contributed by atoms with van der Waals surface area (Å²) in [4.78, 5) is 14.5. The van der Waals surface area contributed by atoms with Gasteiger partial charge >= 0.3 is 0 Å². The molecule has 0 unspecified atom stereocenters. The zero-order valence-electron chi connectivity index (χ0n) is 23.6. The van der Waals surface area contributed by atoms with Crippen LogP contribution in [0.4, 0.5) is 10.2 Å². The maximum Gasteiger partial charge on any atom is 0.213 e. The number of fused-ring (bicyclic) bond motifs is 2. The van der Waals surface area contributed by atoms with Crippen LogP contribution in [0.5, 0.6) is 5.88 Å². The van der Waals surface area contributed by atoms with E-state index in [1.165, 1.54) is 38.3 Å². The van der Waals surface area contributed by atoms with Crippen molar-refractivity contribution in [3.63, 3.8) is 0 Å². The second kappa shape index (κ2) is 12.8. The number of benzene rings is 1. The van der Waals surface area contributed by atoms with E-state index >= 15 is 0 Å². The van der Waals surface area contributed by atoms with Gasteiger partial charge < -0.3 is 29.3 Å². The lowest BCUT2D eigenvalue weighted by atomic mass is 9.91. The molecule has 0 saturated carbocycles. The second-order valence-corrected chi connectivity index (χ2v) is 11.6. The first kappa shape index (κ1) is 27.4. The number of likely N-dealkylation sites (N-methyl/N-ethyl adjacent to an activating group) is 1. The predicted molar refractivity (Wildman–Crippen MR) is 154 cm³/mol. The smallest absolute Gasteiger partial charge is 0.213 e. The summed E-state index contributed by atoms with van der Waals surface area (Å²) in [6.45, 7) is 12.0. The van der Waals surface area contributed by atoms with Crippen molar-refractivity contribution < 1.29 is 13.7 Å². The van der Waals surface area contributed by atoms with Gasteiger partial charge in [0.1, 0.15) is 5.82 Å². The molecule has 3 aliphatic heterocycles. The van der Waals surface area contributed by atoms with Crippen molar-refractivity contribution in [2.45, 2.75) is 31.8 Å². The summed E-state index contributed by atoms with van der Waals surface area (Å²) in [5.74, 6) is 1.70. The normalized spacial score (nSPS) is 23.0. The van der Waals surface area contributed by atoms with Crippen molar-refractivity contribution >= 4 is 16.8 Å². The number of rotatable bonds is 10. The quantitative estimate of drug-likeness (QED) is 0.383. The van der Waals surface area contributed by atoms with Crippen LogP contribution < -0.4 is 15.0 Å². The van der Waals surface area contributed by atoms with Gasteiger partial charge in [0.05, 0.1) is 17.7 Å². The van der Waals surface area contributed by atoms with Crippen molar-refractivity contribution in [1.82, 2.24) is 30.2 Å². The third kappa shape index (κ3) is 6.74. The van der Waals surface area contributed by atoms with Crippen LogP contribution in [0.15, 0.2) is 40.9 Å². The predicted octanol–water partition coefficient (Wildman–Crippen LogP) is 3.07. The number of hydrogen-bond acceptors (Lipinski definition) is 9. The molecule has 5 heterocycles. The summed E-state index contributed by atoms with van der Waals surface area (Å²) >= 11 is 0. The first-order valence-electron chi connectivity index (χ1n) is 14.8. The van der Waals surface area contributed by atoms with Crippen molar-refractivity contribution in [3.05, 3.63) is 47.9 Å². The van der Waals surface area contributed by atoms with Gasteiger partial charge in [-0.2, -0.15) is 0 Å². The zero-order valence-corrected chi connectivity index (χ0v) is 23.6. The molecular weight excluding hydrogens is 509 g/mol. The molecule has 2 aromatic heterocycles. The van der Waals surface area contributed by atoms with Gasteiger partial charge in [-0.1, -0.05) is 11.2 Å². The number of piperidine rings is 1. The first-order chi connectivity index (χ1) is 19.6. The Morgan fingerprint density at radius 1 is 1.05 bits per heavy atom. The highest BCUT2D eigenvalue weighted by Gasteiger charge is 2.34. The molecule has 216 valence electrons. The van der Waals surface area contributed by atoms with E-state index in [1.54, 1.807) is 6.07 Å². The van der Waals surface area contributed by atoms with Gasteiger partial charge in [0.2, 0.25) is 5.88 Å². The maximum atomic E-state index is 13.8. The van der Waals surface area contributed by atoms with Crippen LogP contribution in [-0.2, 0) is 6.54 Å². The lowest BCUT2D eigenvalue weighted by Gasteiger charge is -2.46. The Balaban J connectivity index is 0.919. The number of nitrogens with one attached hydrogen (secondary N) is 1. The van der Waals surface area contributed by atoms with E-state index in [4.69, 9.17) is 14.2 Å². The zero-order chi connectivity index (χ0) is 27.3. The first-order valence-corrected chi connectivity index (χ1v) is 14.8. The fourth-order valence-electron chi connectivity index (χ4n) is 6.27. The molecule has 6 rings (SSSR count). The van der Waals surface area contributed by atoms with Gasteiger partial charge in [-0.05, 0) is 63.7 Å². The van der Waals surface area contributed by atoms with E-state index in [-0.39, 0.29) is 5.82 Å². The molecular formula is C30H42FN7O2. The SMILES string of the molecule is CN1CCN(CCCNCc2cccc(OC[C@@H]3CC[C@H]4CN(c5noc6ccc(F)cc56)CCN4C3)n2)CC1. The highest BCUT2D eigenvalue weighted by molar-refractivity contribution is 5.88. The number of piperazine rings is 2. The largest absolute Gasteiger partial charge is 0.477 e. The summed E-state index contributed by atoms with van der Waals surface area (Å²) in [5, 5.41) is 8.56. The molecule has 40 heavy (non-hydrogen) atoms. The number of ether oxygens (including phenoxy) is 1. The van der Waals surface area contributed by atoms with Gasteiger partial charge in [0, 0.05) is 76.9 Å². The number of anilines is 1. The fraction of sp³-hybridized carbons (Fsp3) is 0.600. The molecule has 0 amide bonds. The Morgan fingerprint density at radius 3 is 2.85 bits per heavy atom. The Bertz CT molecular complexity index is 1250. The molecule has 2 atom stereocenters. The molecule has 3 saturated heterocycles. The molecule has 0 aliphatic carbocycles. The van der Waals surface area contributed by atoms with Crippen LogP contribution in [0.25, 0.3) is 11.0 Å². The molecule has 9 nitrogen and oxygen atoms in total. The van der Waals surface area contributed by atoms with Gasteiger partial charge in [-0.3, -0.25) is 4.90 Å². The Labute approximate surface area is 236 Å². The van der Waals surface area contributed by atoms with Gasteiger partial charge in [0.25, 0.3) is 0 Å². The number of hydrogen-bond donors (Lipinski definition) is 1. The van der Waals surface area contributed by atoms with Gasteiger partial charge in [-0.25, -0.2) is 9.37 Å². The van der Waals surface area contributed by atoms with Crippen molar-refractivity contribution in [2.24, 2.45) is 5.92 Å². The Morgan fingerprint density at radius 2 is 1.95 bits per heavy atom. The topological polar surface area (TPSA) is 73.1 Å². The summed E-state index contributed by atoms with van der Waals surface area (Å²) in [7, 11) is 2.20. The number of aromatic nitrogens is 2. The highest BCUT2D eigenvalue weighted by Crippen LogP contribution is 2.31. The van der Waals surface area contributed by atoms with Crippen LogP contribution in [-0.4, -0.2) is 110 Å². The average Bonchev–Trinajstić information content (AvgIpc) is 3.40.